The van der Waals surface area contributed by atoms with Gasteiger partial charge in [0.2, 0.25) is 0 Å². The third-order valence-electron chi connectivity index (χ3n) is 7.70. The SMILES string of the molecule is CCC(CO[Si](C)(C)C(C)(C)C)N1C(=O)[C@H](CC(=O)OC)O[C@H](c2cccc(Cl)c2)[C@H]1c1ccc(Cl)cc1. The zero-order valence-electron chi connectivity index (χ0n) is 23.3. The molecule has 208 valence electrons. The first-order valence-electron chi connectivity index (χ1n) is 13.0. The molecular formula is C29H39Cl2NO5Si. The van der Waals surface area contributed by atoms with Crippen molar-refractivity contribution >= 4 is 43.4 Å². The molecule has 38 heavy (non-hydrogen) atoms. The highest BCUT2D eigenvalue weighted by Crippen LogP contribution is 2.45. The number of nitrogens with zero attached hydrogens (tertiary/aromatic N) is 1. The Hall–Kier alpha value is -1.90. The fourth-order valence-corrected chi connectivity index (χ4v) is 5.76. The molecule has 0 bridgehead atoms. The van der Waals surface area contributed by atoms with Crippen molar-refractivity contribution in [2.45, 2.75) is 83.0 Å². The van der Waals surface area contributed by atoms with Gasteiger partial charge in [-0.25, -0.2) is 0 Å². The van der Waals surface area contributed by atoms with Crippen LogP contribution in [0.25, 0.3) is 0 Å². The summed E-state index contributed by atoms with van der Waals surface area (Å²) >= 11 is 12.6. The second-order valence-electron chi connectivity index (χ2n) is 11.3. The summed E-state index contributed by atoms with van der Waals surface area (Å²) in [5, 5.41) is 1.17. The number of methoxy groups -OCH3 is 1. The third-order valence-corrected chi connectivity index (χ3v) is 12.7. The number of halogens is 2. The molecule has 6 nitrogen and oxygen atoms in total. The Bertz CT molecular complexity index is 1120. The number of amides is 1. The molecular weight excluding hydrogens is 541 g/mol. The van der Waals surface area contributed by atoms with E-state index in [1.807, 2.05) is 54.3 Å². The predicted octanol–water partition coefficient (Wildman–Crippen LogP) is 7.37. The third kappa shape index (κ3) is 6.99. The van der Waals surface area contributed by atoms with Crippen LogP contribution in [0.5, 0.6) is 0 Å². The first-order chi connectivity index (χ1) is 17.8. The van der Waals surface area contributed by atoms with Gasteiger partial charge < -0.3 is 18.8 Å². The van der Waals surface area contributed by atoms with E-state index in [0.29, 0.717) is 23.1 Å². The van der Waals surface area contributed by atoms with Gasteiger partial charge in [0.05, 0.1) is 32.2 Å². The molecule has 1 amide bonds. The minimum atomic E-state index is -2.09. The van der Waals surface area contributed by atoms with E-state index in [4.69, 9.17) is 37.1 Å². The van der Waals surface area contributed by atoms with Gasteiger partial charge in [-0.2, -0.15) is 0 Å². The van der Waals surface area contributed by atoms with Crippen LogP contribution < -0.4 is 0 Å². The highest BCUT2D eigenvalue weighted by Gasteiger charge is 2.48. The number of esters is 1. The van der Waals surface area contributed by atoms with Gasteiger partial charge in [0, 0.05) is 10.0 Å². The molecule has 0 saturated carbocycles. The van der Waals surface area contributed by atoms with Crippen molar-refractivity contribution in [1.29, 1.82) is 0 Å². The Balaban J connectivity index is 2.13. The molecule has 9 heteroatoms. The molecule has 1 heterocycles. The smallest absolute Gasteiger partial charge is 0.308 e. The second kappa shape index (κ2) is 12.5. The summed E-state index contributed by atoms with van der Waals surface area (Å²) < 4.78 is 17.9. The van der Waals surface area contributed by atoms with Crippen LogP contribution in [0.2, 0.25) is 28.2 Å². The molecule has 1 saturated heterocycles. The lowest BCUT2D eigenvalue weighted by atomic mass is 9.89. The number of benzene rings is 2. The Morgan fingerprint density at radius 1 is 1.08 bits per heavy atom. The minimum Gasteiger partial charge on any atom is -0.469 e. The first kappa shape index (κ1) is 30.6. The van der Waals surface area contributed by atoms with Gasteiger partial charge in [0.15, 0.2) is 8.32 Å². The molecule has 3 rings (SSSR count). The summed E-state index contributed by atoms with van der Waals surface area (Å²) in [7, 11) is -0.788. The number of morpholine rings is 1. The highest BCUT2D eigenvalue weighted by molar-refractivity contribution is 6.74. The lowest BCUT2D eigenvalue weighted by Crippen LogP contribution is -2.57. The van der Waals surface area contributed by atoms with Crippen molar-refractivity contribution in [3.05, 3.63) is 69.7 Å². The van der Waals surface area contributed by atoms with Crippen LogP contribution in [0.1, 0.15) is 63.8 Å². The largest absolute Gasteiger partial charge is 0.469 e. The maximum absolute atomic E-state index is 14.1. The van der Waals surface area contributed by atoms with Gasteiger partial charge in [-0.05, 0) is 59.9 Å². The van der Waals surface area contributed by atoms with Gasteiger partial charge >= 0.3 is 5.97 Å². The minimum absolute atomic E-state index is 0.0205. The molecule has 0 N–H and O–H groups in total. The van der Waals surface area contributed by atoms with Crippen molar-refractivity contribution < 1.29 is 23.5 Å². The summed E-state index contributed by atoms with van der Waals surface area (Å²) in [5.74, 6) is -0.775. The Kier molecular flexibility index (Phi) is 10.1. The maximum atomic E-state index is 14.1. The van der Waals surface area contributed by atoms with Crippen molar-refractivity contribution in [3.8, 4) is 0 Å². The molecule has 1 aliphatic heterocycles. The quantitative estimate of drug-likeness (QED) is 0.229. The Labute approximate surface area is 237 Å². The predicted molar refractivity (Wildman–Crippen MR) is 154 cm³/mol. The number of carbonyl (C=O) groups excluding carboxylic acids is 2. The summed E-state index contributed by atoms with van der Waals surface area (Å²) in [4.78, 5) is 28.2. The van der Waals surface area contributed by atoms with E-state index in [2.05, 4.69) is 33.9 Å². The van der Waals surface area contributed by atoms with E-state index < -0.39 is 32.5 Å². The maximum Gasteiger partial charge on any atom is 0.308 e. The topological polar surface area (TPSA) is 65.1 Å². The molecule has 0 spiro atoms. The van der Waals surface area contributed by atoms with E-state index in [1.165, 1.54) is 7.11 Å². The van der Waals surface area contributed by atoms with Crippen molar-refractivity contribution in [2.75, 3.05) is 13.7 Å². The molecule has 2 aromatic rings. The molecule has 1 aliphatic rings. The number of hydrogen-bond acceptors (Lipinski definition) is 5. The van der Waals surface area contributed by atoms with Gasteiger partial charge in [0.1, 0.15) is 12.2 Å². The van der Waals surface area contributed by atoms with E-state index >= 15 is 0 Å². The molecule has 0 radical (unpaired) electrons. The van der Waals surface area contributed by atoms with Crippen molar-refractivity contribution in [1.82, 2.24) is 4.90 Å². The zero-order valence-corrected chi connectivity index (χ0v) is 25.8. The second-order valence-corrected chi connectivity index (χ2v) is 16.9. The summed E-state index contributed by atoms with van der Waals surface area (Å²) in [6.45, 7) is 13.4. The van der Waals surface area contributed by atoms with Crippen LogP contribution >= 0.6 is 23.2 Å². The van der Waals surface area contributed by atoms with Crippen LogP contribution in [0.15, 0.2) is 48.5 Å². The van der Waals surface area contributed by atoms with E-state index in [-0.39, 0.29) is 23.4 Å². The number of rotatable bonds is 9. The highest BCUT2D eigenvalue weighted by atomic mass is 35.5. The molecule has 2 aromatic carbocycles. The van der Waals surface area contributed by atoms with Crippen LogP contribution in [0, 0.1) is 0 Å². The van der Waals surface area contributed by atoms with Crippen LogP contribution in [-0.4, -0.2) is 51.0 Å². The van der Waals surface area contributed by atoms with Gasteiger partial charge in [-0.3, -0.25) is 9.59 Å². The Morgan fingerprint density at radius 3 is 2.29 bits per heavy atom. The Morgan fingerprint density at radius 2 is 1.74 bits per heavy atom. The summed E-state index contributed by atoms with van der Waals surface area (Å²) in [6, 6.07) is 14.1. The lowest BCUT2D eigenvalue weighted by Gasteiger charge is -2.48. The van der Waals surface area contributed by atoms with Crippen LogP contribution in [0.4, 0.5) is 0 Å². The fourth-order valence-electron chi connectivity index (χ4n) is 4.39. The molecule has 0 aliphatic carbocycles. The number of hydrogen-bond donors (Lipinski definition) is 0. The van der Waals surface area contributed by atoms with E-state index in [1.54, 1.807) is 6.07 Å². The van der Waals surface area contributed by atoms with Crippen molar-refractivity contribution in [3.63, 3.8) is 0 Å². The average molecular weight is 581 g/mol. The van der Waals surface area contributed by atoms with Crippen LogP contribution in [0.3, 0.4) is 0 Å². The van der Waals surface area contributed by atoms with E-state index in [0.717, 1.165) is 11.1 Å². The molecule has 1 fully saturated rings. The molecule has 1 unspecified atom stereocenters. The number of carbonyl (C=O) groups is 2. The van der Waals surface area contributed by atoms with Gasteiger partial charge in [-0.1, -0.05) is 75.2 Å². The summed E-state index contributed by atoms with van der Waals surface area (Å²) in [5.41, 5.74) is 1.68. The molecule has 0 aromatic heterocycles. The van der Waals surface area contributed by atoms with Gasteiger partial charge in [-0.15, -0.1) is 0 Å². The fraction of sp³-hybridized carbons (Fsp3) is 0.517. The number of ether oxygens (including phenoxy) is 2. The molecule has 4 atom stereocenters. The van der Waals surface area contributed by atoms with E-state index in [9.17, 15) is 9.59 Å². The monoisotopic (exact) mass is 579 g/mol. The van der Waals surface area contributed by atoms with Crippen molar-refractivity contribution in [2.24, 2.45) is 0 Å². The lowest BCUT2D eigenvalue weighted by molar-refractivity contribution is -0.185. The first-order valence-corrected chi connectivity index (χ1v) is 16.6. The summed E-state index contributed by atoms with van der Waals surface area (Å²) in [6.07, 6.45) is -1.10. The van der Waals surface area contributed by atoms with Crippen LogP contribution in [-0.2, 0) is 23.5 Å². The van der Waals surface area contributed by atoms with Gasteiger partial charge in [0.25, 0.3) is 5.91 Å². The zero-order chi connectivity index (χ0) is 28.3. The average Bonchev–Trinajstić information content (AvgIpc) is 2.85. The standard InChI is InChI=1S/C29H39Cl2NO5Si/c1-8-23(18-36-38(6,7)29(2,3)4)32-26(19-12-14-21(30)15-13-19)27(20-10-9-11-22(31)16-20)37-24(28(32)34)17-25(33)35-5/h9-16,23-24,26-27H,8,17-18H2,1-7H3/t23?,24-,26+,27+/m0/s1. The normalized spacial score (nSPS) is 21.3.